The van der Waals surface area contributed by atoms with E-state index in [2.05, 4.69) is 34.6 Å². The van der Waals surface area contributed by atoms with Gasteiger partial charge in [0.25, 0.3) is 0 Å². The summed E-state index contributed by atoms with van der Waals surface area (Å²) >= 11 is 3.11. The van der Waals surface area contributed by atoms with Gasteiger partial charge in [0, 0.05) is 12.2 Å². The number of hydrogen-bond acceptors (Lipinski definition) is 6. The van der Waals surface area contributed by atoms with Gasteiger partial charge in [-0.3, -0.25) is 5.32 Å². The highest BCUT2D eigenvalue weighted by molar-refractivity contribution is 8.01. The Morgan fingerprint density at radius 2 is 2.32 bits per heavy atom. The van der Waals surface area contributed by atoms with Gasteiger partial charge in [-0.1, -0.05) is 25.6 Å². The summed E-state index contributed by atoms with van der Waals surface area (Å²) in [5.41, 5.74) is -0.376. The number of nitriles is 1. The standard InChI is InChI=1S/C13H20N4S2/c1-3-7-15-13(8-14,10-5-6-10)9-18-12-16-11(4-2)17-19-12/h10,15H,3-7,9H2,1-2H3. The van der Waals surface area contributed by atoms with E-state index in [1.54, 1.807) is 11.8 Å². The lowest BCUT2D eigenvalue weighted by Gasteiger charge is -2.27. The van der Waals surface area contributed by atoms with Gasteiger partial charge in [-0.15, -0.1) is 0 Å². The van der Waals surface area contributed by atoms with Crippen LogP contribution >= 0.6 is 23.3 Å². The van der Waals surface area contributed by atoms with Gasteiger partial charge in [-0.05, 0) is 43.3 Å². The first-order chi connectivity index (χ1) is 9.24. The molecule has 1 fully saturated rings. The first kappa shape index (κ1) is 14.8. The van der Waals surface area contributed by atoms with Gasteiger partial charge in [0.1, 0.15) is 11.4 Å². The maximum Gasteiger partial charge on any atom is 0.170 e. The van der Waals surface area contributed by atoms with Gasteiger partial charge >= 0.3 is 0 Å². The fraction of sp³-hybridized carbons (Fsp3) is 0.769. The van der Waals surface area contributed by atoms with Crippen molar-refractivity contribution >= 4 is 23.3 Å². The summed E-state index contributed by atoms with van der Waals surface area (Å²) in [5.74, 6) is 2.19. The van der Waals surface area contributed by atoms with Crippen molar-refractivity contribution in [1.82, 2.24) is 14.7 Å². The molecule has 1 N–H and O–H groups in total. The number of nitrogens with zero attached hydrogens (tertiary/aromatic N) is 3. The van der Waals surface area contributed by atoms with Crippen molar-refractivity contribution < 1.29 is 0 Å². The molecule has 0 bridgehead atoms. The van der Waals surface area contributed by atoms with Crippen LogP contribution in [0.15, 0.2) is 4.34 Å². The monoisotopic (exact) mass is 296 g/mol. The van der Waals surface area contributed by atoms with E-state index in [4.69, 9.17) is 0 Å². The average Bonchev–Trinajstić information content (AvgIpc) is 3.19. The molecular formula is C13H20N4S2. The van der Waals surface area contributed by atoms with Crippen LogP contribution in [0, 0.1) is 17.2 Å². The van der Waals surface area contributed by atoms with Crippen LogP contribution in [-0.2, 0) is 6.42 Å². The SMILES string of the molecule is CCCNC(C#N)(CSc1nc(CC)ns1)C1CC1. The zero-order valence-corrected chi connectivity index (χ0v) is 13.1. The van der Waals surface area contributed by atoms with Crippen LogP contribution in [0.4, 0.5) is 0 Å². The van der Waals surface area contributed by atoms with Gasteiger partial charge in [-0.2, -0.15) is 9.64 Å². The van der Waals surface area contributed by atoms with Crippen LogP contribution in [0.5, 0.6) is 0 Å². The number of rotatable bonds is 8. The van der Waals surface area contributed by atoms with E-state index in [9.17, 15) is 5.26 Å². The Balaban J connectivity index is 1.97. The number of aryl methyl sites for hydroxylation is 1. The zero-order chi connectivity index (χ0) is 13.7. The third kappa shape index (κ3) is 3.68. The molecular weight excluding hydrogens is 276 g/mol. The Bertz CT molecular complexity index is 450. The molecule has 4 nitrogen and oxygen atoms in total. The fourth-order valence-electron chi connectivity index (χ4n) is 2.02. The van der Waals surface area contributed by atoms with Crippen molar-refractivity contribution in [3.63, 3.8) is 0 Å². The lowest BCUT2D eigenvalue weighted by Crippen LogP contribution is -2.48. The molecule has 1 aromatic heterocycles. The molecule has 1 atom stereocenters. The van der Waals surface area contributed by atoms with Crippen LogP contribution in [0.2, 0.25) is 0 Å². The minimum Gasteiger partial charge on any atom is -0.298 e. The van der Waals surface area contributed by atoms with Crippen molar-refractivity contribution in [2.75, 3.05) is 12.3 Å². The maximum atomic E-state index is 9.58. The van der Waals surface area contributed by atoms with Crippen LogP contribution < -0.4 is 5.32 Å². The number of nitrogens with one attached hydrogen (secondary N) is 1. The summed E-state index contributed by atoms with van der Waals surface area (Å²) in [6.07, 6.45) is 4.26. The Morgan fingerprint density at radius 1 is 1.53 bits per heavy atom. The fourth-order valence-corrected chi connectivity index (χ4v) is 3.94. The molecule has 6 heteroatoms. The summed E-state index contributed by atoms with van der Waals surface area (Å²) in [6.45, 7) is 5.09. The smallest absolute Gasteiger partial charge is 0.170 e. The normalized spacial score (nSPS) is 17.9. The second kappa shape index (κ2) is 6.69. The topological polar surface area (TPSA) is 61.6 Å². The third-order valence-electron chi connectivity index (χ3n) is 3.35. The molecule has 0 saturated heterocycles. The summed E-state index contributed by atoms with van der Waals surface area (Å²) in [6, 6.07) is 2.53. The lowest BCUT2D eigenvalue weighted by atomic mass is 9.97. The minimum absolute atomic E-state index is 0.376. The van der Waals surface area contributed by atoms with E-state index >= 15 is 0 Å². The largest absolute Gasteiger partial charge is 0.298 e. The summed E-state index contributed by atoms with van der Waals surface area (Å²) in [7, 11) is 0. The molecule has 0 spiro atoms. The van der Waals surface area contributed by atoms with E-state index in [-0.39, 0.29) is 5.54 Å². The molecule has 0 radical (unpaired) electrons. The predicted octanol–water partition coefficient (Wildman–Crippen LogP) is 2.86. The van der Waals surface area contributed by atoms with Crippen molar-refractivity contribution in [2.45, 2.75) is 49.4 Å². The van der Waals surface area contributed by atoms with Crippen LogP contribution in [0.25, 0.3) is 0 Å². The molecule has 104 valence electrons. The molecule has 1 aliphatic carbocycles. The Labute approximate surface area is 123 Å². The van der Waals surface area contributed by atoms with Gasteiger partial charge < -0.3 is 0 Å². The molecule has 0 aromatic carbocycles. The molecule has 1 heterocycles. The average molecular weight is 296 g/mol. The van der Waals surface area contributed by atoms with Crippen LogP contribution in [0.1, 0.15) is 38.9 Å². The first-order valence-corrected chi connectivity index (χ1v) is 8.61. The van der Waals surface area contributed by atoms with Gasteiger partial charge in [0.05, 0.1) is 6.07 Å². The summed E-state index contributed by atoms with van der Waals surface area (Å²) in [5, 5.41) is 13.0. The Morgan fingerprint density at radius 3 is 2.84 bits per heavy atom. The van der Waals surface area contributed by atoms with Crippen molar-refractivity contribution in [3.05, 3.63) is 5.82 Å². The van der Waals surface area contributed by atoms with E-state index in [1.807, 2.05) is 0 Å². The van der Waals surface area contributed by atoms with Crippen molar-refractivity contribution in [2.24, 2.45) is 5.92 Å². The second-order valence-electron chi connectivity index (χ2n) is 4.90. The van der Waals surface area contributed by atoms with E-state index < -0.39 is 0 Å². The molecule has 1 aromatic rings. The first-order valence-electron chi connectivity index (χ1n) is 6.85. The Kier molecular flexibility index (Phi) is 5.20. The van der Waals surface area contributed by atoms with E-state index in [0.29, 0.717) is 5.92 Å². The van der Waals surface area contributed by atoms with Gasteiger partial charge in [-0.25, -0.2) is 4.98 Å². The van der Waals surface area contributed by atoms with Gasteiger partial charge in [0.15, 0.2) is 4.34 Å². The number of aromatic nitrogens is 2. The van der Waals surface area contributed by atoms with Crippen molar-refractivity contribution in [1.29, 1.82) is 5.26 Å². The second-order valence-corrected chi connectivity index (χ2v) is 6.88. The molecule has 0 amide bonds. The highest BCUT2D eigenvalue weighted by Crippen LogP contribution is 2.42. The zero-order valence-electron chi connectivity index (χ0n) is 11.5. The summed E-state index contributed by atoms with van der Waals surface area (Å²) < 4.78 is 5.27. The molecule has 2 rings (SSSR count). The van der Waals surface area contributed by atoms with E-state index in [1.165, 1.54) is 24.4 Å². The molecule has 1 saturated carbocycles. The molecule has 1 aliphatic rings. The van der Waals surface area contributed by atoms with Crippen LogP contribution in [0.3, 0.4) is 0 Å². The lowest BCUT2D eigenvalue weighted by molar-refractivity contribution is 0.405. The maximum absolute atomic E-state index is 9.58. The predicted molar refractivity (Wildman–Crippen MR) is 79.4 cm³/mol. The van der Waals surface area contributed by atoms with Gasteiger partial charge in [0.2, 0.25) is 0 Å². The van der Waals surface area contributed by atoms with Crippen LogP contribution in [-0.4, -0.2) is 27.2 Å². The molecule has 19 heavy (non-hydrogen) atoms. The number of hydrogen-bond donors (Lipinski definition) is 1. The molecule has 0 aliphatic heterocycles. The quantitative estimate of drug-likeness (QED) is 0.747. The Hall–Kier alpha value is -0.640. The van der Waals surface area contributed by atoms with Crippen molar-refractivity contribution in [3.8, 4) is 6.07 Å². The highest BCUT2D eigenvalue weighted by atomic mass is 32.2. The third-order valence-corrected chi connectivity index (χ3v) is 5.42. The minimum atomic E-state index is -0.376. The highest BCUT2D eigenvalue weighted by Gasteiger charge is 2.45. The molecule has 1 unspecified atom stereocenters. The summed E-state index contributed by atoms with van der Waals surface area (Å²) in [4.78, 5) is 4.46. The number of thioether (sulfide) groups is 1. The van der Waals surface area contributed by atoms with E-state index in [0.717, 1.165) is 35.3 Å².